The third-order valence-electron chi connectivity index (χ3n) is 11.8. The van der Waals surface area contributed by atoms with Crippen LogP contribution in [0.25, 0.3) is 0 Å². The van der Waals surface area contributed by atoms with Crippen molar-refractivity contribution in [3.8, 4) is 6.01 Å². The van der Waals surface area contributed by atoms with Crippen LogP contribution in [0.4, 0.5) is 0 Å². The maximum Gasteiger partial charge on any atom is 0.338 e. The number of hydrogen-bond donors (Lipinski definition) is 3. The number of carboxylic acid groups (broad SMARTS) is 1. The van der Waals surface area contributed by atoms with Crippen LogP contribution in [0.2, 0.25) is 0 Å². The van der Waals surface area contributed by atoms with E-state index in [4.69, 9.17) is 9.84 Å². The smallest absolute Gasteiger partial charge is 0.338 e. The van der Waals surface area contributed by atoms with Gasteiger partial charge >= 0.3 is 12.0 Å². The Morgan fingerprint density at radius 1 is 1.05 bits per heavy atom. The molecule has 4 fully saturated rings. The number of aromatic nitrogens is 2. The average Bonchev–Trinajstić information content (AvgIpc) is 3.23. The van der Waals surface area contributed by atoms with Crippen molar-refractivity contribution >= 4 is 5.97 Å². The average molecular weight is 515 g/mol. The van der Waals surface area contributed by atoms with Crippen LogP contribution in [-0.2, 0) is 0 Å². The lowest BCUT2D eigenvalue weighted by Gasteiger charge is -2.64. The fourth-order valence-corrected chi connectivity index (χ4v) is 9.97. The summed E-state index contributed by atoms with van der Waals surface area (Å²) in [6.45, 7) is 10.1. The Morgan fingerprint density at radius 2 is 1.73 bits per heavy atom. The molecule has 37 heavy (non-hydrogen) atoms. The van der Waals surface area contributed by atoms with Crippen molar-refractivity contribution < 1.29 is 24.9 Å². The first-order valence-corrected chi connectivity index (χ1v) is 14.6. The molecular formula is C30H46N2O5. The molecule has 0 amide bonds. The van der Waals surface area contributed by atoms with E-state index < -0.39 is 5.97 Å². The summed E-state index contributed by atoms with van der Waals surface area (Å²) in [4.78, 5) is 19.1. The number of aromatic carboxylic acids is 1. The number of aliphatic hydroxyl groups excluding tert-OH is 2. The predicted octanol–water partition coefficient (Wildman–Crippen LogP) is 5.21. The Bertz CT molecular complexity index is 971. The van der Waals surface area contributed by atoms with Crippen molar-refractivity contribution in [3.05, 3.63) is 18.0 Å². The van der Waals surface area contributed by atoms with Gasteiger partial charge in [-0.25, -0.2) is 14.8 Å². The van der Waals surface area contributed by atoms with Gasteiger partial charge in [-0.15, -0.1) is 0 Å². The van der Waals surface area contributed by atoms with Crippen LogP contribution in [0.3, 0.4) is 0 Å². The van der Waals surface area contributed by atoms with Crippen molar-refractivity contribution in [3.63, 3.8) is 0 Å². The van der Waals surface area contributed by atoms with Gasteiger partial charge in [-0.1, -0.05) is 34.1 Å². The van der Waals surface area contributed by atoms with Gasteiger partial charge < -0.3 is 20.1 Å². The van der Waals surface area contributed by atoms with Crippen LogP contribution in [0, 0.1) is 52.3 Å². The molecule has 7 nitrogen and oxygen atoms in total. The molecule has 4 aliphatic rings. The molecule has 3 N–H and O–H groups in total. The minimum absolute atomic E-state index is 0.0565. The zero-order chi connectivity index (χ0) is 26.5. The molecule has 0 saturated heterocycles. The monoisotopic (exact) mass is 514 g/mol. The fourth-order valence-electron chi connectivity index (χ4n) is 9.97. The van der Waals surface area contributed by atoms with E-state index in [-0.39, 0.29) is 34.6 Å². The standard InChI is InChI=1S/C30H46N2O5/c1-5-20-24-14-19(33)8-11-30(24,4)23-9-12-29(3)21(6-7-22(29)25(23)26(20)34)17(2)10-13-37-28-31-15-18(16-32-28)27(35)36/h15-17,19-26,33-34H,5-14H2,1-4H3,(H,35,36)/t17-,19-,20-,21-,22+,23+,24+,25+,26-,29-,30-/m1/s1. The Hall–Kier alpha value is -1.73. The fraction of sp³-hybridized carbons (Fsp3) is 0.833. The number of rotatable bonds is 7. The van der Waals surface area contributed by atoms with Crippen LogP contribution in [-0.4, -0.2) is 50.1 Å². The second-order valence-electron chi connectivity index (χ2n) is 13.3. The minimum atomic E-state index is -1.04. The molecule has 5 rings (SSSR count). The first-order valence-electron chi connectivity index (χ1n) is 14.6. The Morgan fingerprint density at radius 3 is 2.41 bits per heavy atom. The molecule has 4 saturated carbocycles. The highest BCUT2D eigenvalue weighted by Gasteiger charge is 2.64. The number of carbonyl (C=O) groups is 1. The van der Waals surface area contributed by atoms with Crippen LogP contribution >= 0.6 is 0 Å². The largest absolute Gasteiger partial charge is 0.478 e. The maximum atomic E-state index is 11.9. The molecule has 11 atom stereocenters. The Labute approximate surface area is 221 Å². The molecule has 0 bridgehead atoms. The van der Waals surface area contributed by atoms with Gasteiger partial charge in [-0.05, 0) is 104 Å². The molecule has 0 aliphatic heterocycles. The van der Waals surface area contributed by atoms with Crippen LogP contribution in [0.1, 0.15) is 95.8 Å². The lowest BCUT2D eigenvalue weighted by molar-refractivity contribution is -0.203. The van der Waals surface area contributed by atoms with Crippen LogP contribution in [0.5, 0.6) is 6.01 Å². The van der Waals surface area contributed by atoms with Crippen molar-refractivity contribution in [1.82, 2.24) is 9.97 Å². The van der Waals surface area contributed by atoms with E-state index in [1.165, 1.54) is 38.1 Å². The first kappa shape index (κ1) is 26.9. The van der Waals surface area contributed by atoms with E-state index in [0.29, 0.717) is 48.0 Å². The summed E-state index contributed by atoms with van der Waals surface area (Å²) in [5.41, 5.74) is 0.525. The first-order chi connectivity index (χ1) is 17.6. The van der Waals surface area contributed by atoms with Crippen molar-refractivity contribution in [1.29, 1.82) is 0 Å². The molecule has 1 aromatic rings. The Balaban J connectivity index is 1.27. The molecule has 4 aliphatic carbocycles. The summed E-state index contributed by atoms with van der Waals surface area (Å²) >= 11 is 0. The second kappa shape index (κ2) is 10.1. The predicted molar refractivity (Wildman–Crippen MR) is 140 cm³/mol. The molecule has 1 aromatic heterocycles. The molecule has 7 heteroatoms. The second-order valence-corrected chi connectivity index (χ2v) is 13.3. The highest BCUT2D eigenvalue weighted by atomic mass is 16.5. The zero-order valence-corrected chi connectivity index (χ0v) is 23.0. The maximum absolute atomic E-state index is 11.9. The van der Waals surface area contributed by atoms with Gasteiger partial charge in [0.2, 0.25) is 0 Å². The van der Waals surface area contributed by atoms with Gasteiger partial charge in [0.15, 0.2) is 0 Å². The van der Waals surface area contributed by atoms with Crippen molar-refractivity contribution in [2.75, 3.05) is 6.61 Å². The van der Waals surface area contributed by atoms with Gasteiger partial charge in [-0.2, -0.15) is 0 Å². The number of nitrogens with zero attached hydrogens (tertiary/aromatic N) is 2. The number of hydrogen-bond acceptors (Lipinski definition) is 6. The summed E-state index contributed by atoms with van der Waals surface area (Å²) in [6, 6.07) is 0.226. The Kier molecular flexibility index (Phi) is 7.34. The van der Waals surface area contributed by atoms with Gasteiger partial charge in [0.25, 0.3) is 0 Å². The SMILES string of the molecule is CC[C@H]1[C@@H](O)[C@@H]2[C@H](CC[C@]3(C)[C@@H]([C@H](C)CCOc4ncc(C(=O)O)cn4)CC[C@@H]23)[C@@]2(C)CC[C@@H](O)C[C@@H]12. The number of carboxylic acids is 1. The number of fused-ring (bicyclic) bond motifs is 5. The minimum Gasteiger partial charge on any atom is -0.478 e. The van der Waals surface area contributed by atoms with Gasteiger partial charge in [0.05, 0.1) is 24.4 Å². The summed E-state index contributed by atoms with van der Waals surface area (Å²) in [6.07, 6.45) is 11.7. The van der Waals surface area contributed by atoms with Gasteiger partial charge in [0.1, 0.15) is 0 Å². The van der Waals surface area contributed by atoms with E-state index >= 15 is 0 Å². The summed E-state index contributed by atoms with van der Waals surface area (Å²) in [5, 5.41) is 31.4. The molecule has 1 heterocycles. The van der Waals surface area contributed by atoms with E-state index in [2.05, 4.69) is 37.7 Å². The lowest BCUT2D eigenvalue weighted by atomic mass is 9.41. The molecule has 0 aromatic carbocycles. The van der Waals surface area contributed by atoms with E-state index in [9.17, 15) is 15.0 Å². The quantitative estimate of drug-likeness (QED) is 0.458. The molecular weight excluding hydrogens is 468 g/mol. The highest BCUT2D eigenvalue weighted by Crippen LogP contribution is 2.69. The van der Waals surface area contributed by atoms with E-state index in [0.717, 1.165) is 32.1 Å². The summed E-state index contributed by atoms with van der Waals surface area (Å²) in [7, 11) is 0. The molecule has 0 spiro atoms. The summed E-state index contributed by atoms with van der Waals surface area (Å²) in [5.74, 6) is 2.25. The van der Waals surface area contributed by atoms with Crippen LogP contribution < -0.4 is 4.74 Å². The van der Waals surface area contributed by atoms with Gasteiger partial charge in [0, 0.05) is 12.4 Å². The third kappa shape index (κ3) is 4.48. The molecule has 206 valence electrons. The zero-order valence-electron chi connectivity index (χ0n) is 23.0. The molecule has 0 radical (unpaired) electrons. The van der Waals surface area contributed by atoms with Crippen molar-refractivity contribution in [2.45, 2.75) is 97.7 Å². The van der Waals surface area contributed by atoms with E-state index in [1.807, 2.05) is 0 Å². The normalized spacial score (nSPS) is 43.8. The summed E-state index contributed by atoms with van der Waals surface area (Å²) < 4.78 is 5.78. The van der Waals surface area contributed by atoms with Crippen LogP contribution in [0.15, 0.2) is 12.4 Å². The number of aliphatic hydroxyl groups is 2. The topological polar surface area (TPSA) is 113 Å². The lowest BCUT2D eigenvalue weighted by Crippen LogP contribution is -2.62. The van der Waals surface area contributed by atoms with Crippen molar-refractivity contribution in [2.24, 2.45) is 52.3 Å². The van der Waals surface area contributed by atoms with Gasteiger partial charge in [-0.3, -0.25) is 0 Å². The molecule has 0 unspecified atom stereocenters. The third-order valence-corrected chi connectivity index (χ3v) is 11.8. The highest BCUT2D eigenvalue weighted by molar-refractivity contribution is 5.86. The van der Waals surface area contributed by atoms with E-state index in [1.54, 1.807) is 0 Å². The number of ether oxygens (including phenoxy) is 1.